The Kier molecular flexibility index (Phi) is 7.07. The van der Waals surface area contributed by atoms with Crippen molar-refractivity contribution in [3.05, 3.63) is 12.2 Å². The van der Waals surface area contributed by atoms with E-state index in [4.69, 9.17) is 0 Å². The molecule has 4 saturated carbocycles. The highest BCUT2D eigenvalue weighted by Crippen LogP contribution is 2.69. The van der Waals surface area contributed by atoms with E-state index in [2.05, 4.69) is 48.1 Å². The highest BCUT2D eigenvalue weighted by atomic mass is 16.1. The second kappa shape index (κ2) is 9.22. The highest BCUT2D eigenvalue weighted by Gasteiger charge is 2.61. The molecule has 0 radical (unpaired) electrons. The van der Waals surface area contributed by atoms with Crippen LogP contribution >= 0.6 is 0 Å². The van der Waals surface area contributed by atoms with Crippen molar-refractivity contribution in [2.45, 2.75) is 119 Å². The van der Waals surface area contributed by atoms with Gasteiger partial charge in [-0.2, -0.15) is 0 Å². The molecule has 0 unspecified atom stereocenters. The van der Waals surface area contributed by atoms with Gasteiger partial charge < -0.3 is 0 Å². The molecule has 4 aliphatic rings. The number of Topliss-reactive ketones (excluding diaryl/α,β-unsaturated/α-hetero) is 1. The molecule has 0 aromatic heterocycles. The Morgan fingerprint density at radius 2 is 1.62 bits per heavy atom. The normalized spacial score (nSPS) is 44.7. The van der Waals surface area contributed by atoms with E-state index < -0.39 is 0 Å². The Morgan fingerprint density at radius 1 is 0.938 bits per heavy atom. The van der Waals surface area contributed by atoms with Crippen LogP contribution in [-0.4, -0.2) is 5.78 Å². The molecule has 182 valence electrons. The van der Waals surface area contributed by atoms with E-state index >= 15 is 0 Å². The summed E-state index contributed by atoms with van der Waals surface area (Å²) in [6, 6.07) is 0. The Hall–Kier alpha value is -0.590. The first kappa shape index (κ1) is 24.5. The van der Waals surface area contributed by atoms with Crippen LogP contribution in [0.5, 0.6) is 0 Å². The number of rotatable bonds is 7. The van der Waals surface area contributed by atoms with Gasteiger partial charge in [0, 0.05) is 12.3 Å². The molecule has 0 N–H and O–H groups in total. The summed E-state index contributed by atoms with van der Waals surface area (Å²) < 4.78 is 0. The average Bonchev–Trinajstić information content (AvgIpc) is 3.07. The van der Waals surface area contributed by atoms with E-state index in [0.29, 0.717) is 22.5 Å². The second-order valence-corrected chi connectivity index (χ2v) is 13.8. The molecule has 0 heterocycles. The molecule has 0 aromatic carbocycles. The molecule has 0 amide bonds. The number of fused-ring (bicyclic) bond motifs is 5. The predicted molar refractivity (Wildman–Crippen MR) is 136 cm³/mol. The number of ketones is 1. The number of hydrogen-bond acceptors (Lipinski definition) is 1. The van der Waals surface area contributed by atoms with Crippen LogP contribution in [0.4, 0.5) is 0 Å². The van der Waals surface area contributed by atoms with Crippen LogP contribution in [0.2, 0.25) is 0 Å². The van der Waals surface area contributed by atoms with Gasteiger partial charge >= 0.3 is 0 Å². The maximum absolute atomic E-state index is 12.9. The quantitative estimate of drug-likeness (QED) is 0.361. The molecule has 4 rings (SSSR count). The fourth-order valence-electron chi connectivity index (χ4n) is 9.98. The summed E-state index contributed by atoms with van der Waals surface area (Å²) >= 11 is 0. The van der Waals surface area contributed by atoms with Crippen molar-refractivity contribution in [2.75, 3.05) is 0 Å². The van der Waals surface area contributed by atoms with Crippen LogP contribution in [0.15, 0.2) is 12.2 Å². The van der Waals surface area contributed by atoms with Crippen LogP contribution in [0, 0.1) is 58.2 Å². The highest BCUT2D eigenvalue weighted by molar-refractivity contribution is 5.82. The fourth-order valence-corrected chi connectivity index (χ4v) is 9.98. The molecular formula is C31H52O. The third-order valence-corrected chi connectivity index (χ3v) is 11.5. The number of carbonyl (C=O) groups is 1. The van der Waals surface area contributed by atoms with Crippen LogP contribution in [-0.2, 0) is 4.79 Å². The molecule has 0 aromatic rings. The minimum atomic E-state index is 0.262. The van der Waals surface area contributed by atoms with Gasteiger partial charge in [0.2, 0.25) is 0 Å². The third kappa shape index (κ3) is 4.17. The van der Waals surface area contributed by atoms with Crippen molar-refractivity contribution in [2.24, 2.45) is 58.2 Å². The van der Waals surface area contributed by atoms with Crippen molar-refractivity contribution in [1.82, 2.24) is 0 Å². The lowest BCUT2D eigenvalue weighted by molar-refractivity contribution is -0.152. The summed E-state index contributed by atoms with van der Waals surface area (Å²) in [5.41, 5.74) is 2.17. The lowest BCUT2D eigenvalue weighted by atomic mass is 9.43. The molecule has 4 fully saturated rings. The predicted octanol–water partition coefficient (Wildman–Crippen LogP) is 8.87. The van der Waals surface area contributed by atoms with Gasteiger partial charge in [0.25, 0.3) is 0 Å². The Bertz CT molecular complexity index is 705. The number of carbonyl (C=O) groups excluding carboxylic acids is 1. The Morgan fingerprint density at radius 3 is 2.31 bits per heavy atom. The van der Waals surface area contributed by atoms with Gasteiger partial charge in [-0.1, -0.05) is 59.5 Å². The van der Waals surface area contributed by atoms with Crippen LogP contribution in [0.3, 0.4) is 0 Å². The Labute approximate surface area is 199 Å². The molecule has 9 atom stereocenters. The van der Waals surface area contributed by atoms with Gasteiger partial charge in [-0.15, -0.1) is 6.58 Å². The number of hydrogen-bond donors (Lipinski definition) is 0. The maximum Gasteiger partial charge on any atom is 0.136 e. The third-order valence-electron chi connectivity index (χ3n) is 11.5. The molecule has 0 bridgehead atoms. The topological polar surface area (TPSA) is 17.1 Å². The fraction of sp³-hybridized carbons (Fsp3) is 0.903. The average molecular weight is 441 g/mol. The van der Waals surface area contributed by atoms with Gasteiger partial charge in [-0.25, -0.2) is 0 Å². The van der Waals surface area contributed by atoms with Crippen molar-refractivity contribution in [1.29, 1.82) is 0 Å². The second-order valence-electron chi connectivity index (χ2n) is 13.8. The van der Waals surface area contributed by atoms with E-state index in [1.807, 2.05) is 0 Å². The first-order chi connectivity index (χ1) is 15.1. The smallest absolute Gasteiger partial charge is 0.136 e. The molecule has 0 spiro atoms. The largest absolute Gasteiger partial charge is 0.299 e. The zero-order chi connectivity index (χ0) is 23.3. The monoisotopic (exact) mass is 440 g/mol. The lowest BCUT2D eigenvalue weighted by Crippen LogP contribution is -2.56. The molecule has 0 saturated heterocycles. The van der Waals surface area contributed by atoms with Crippen molar-refractivity contribution >= 4 is 5.78 Å². The van der Waals surface area contributed by atoms with Gasteiger partial charge in [-0.3, -0.25) is 4.79 Å². The van der Waals surface area contributed by atoms with E-state index in [1.54, 1.807) is 0 Å². The summed E-state index contributed by atoms with van der Waals surface area (Å²) in [5.74, 6) is 6.80. The lowest BCUT2D eigenvalue weighted by Gasteiger charge is -2.62. The van der Waals surface area contributed by atoms with E-state index in [0.717, 1.165) is 54.8 Å². The Balaban J connectivity index is 1.50. The molecule has 0 aliphatic heterocycles. The van der Waals surface area contributed by atoms with Gasteiger partial charge in [-0.05, 0) is 111 Å². The zero-order valence-electron chi connectivity index (χ0n) is 22.2. The summed E-state index contributed by atoms with van der Waals surface area (Å²) in [4.78, 5) is 12.9. The summed E-state index contributed by atoms with van der Waals surface area (Å²) in [7, 11) is 0. The standard InChI is InChI=1S/C31H52O/c1-20(2)9-8-10-22(5)25-13-14-26-23-11-12-27-24(19-21(3)4)29(32)16-18-31(27,7)28(23)15-17-30(25,26)6/h20,22-28H,3,8-19H2,1-2,4-7H3/t22-,23+,24+,25-,26+,27+,28+,30-,31+/m1/s1. The van der Waals surface area contributed by atoms with Crippen molar-refractivity contribution < 1.29 is 4.79 Å². The van der Waals surface area contributed by atoms with Gasteiger partial charge in [0.05, 0.1) is 0 Å². The van der Waals surface area contributed by atoms with Gasteiger partial charge in [0.1, 0.15) is 5.78 Å². The summed E-state index contributed by atoms with van der Waals surface area (Å²) in [6.07, 6.45) is 15.7. The maximum atomic E-state index is 12.9. The molecular weight excluding hydrogens is 388 g/mol. The van der Waals surface area contributed by atoms with Crippen molar-refractivity contribution in [3.8, 4) is 0 Å². The van der Waals surface area contributed by atoms with E-state index in [-0.39, 0.29) is 5.92 Å². The van der Waals surface area contributed by atoms with Gasteiger partial charge in [0.15, 0.2) is 0 Å². The molecule has 32 heavy (non-hydrogen) atoms. The van der Waals surface area contributed by atoms with Crippen LogP contribution < -0.4 is 0 Å². The first-order valence-corrected chi connectivity index (χ1v) is 14.2. The number of allylic oxidation sites excluding steroid dienone is 1. The van der Waals surface area contributed by atoms with E-state index in [9.17, 15) is 4.79 Å². The summed E-state index contributed by atoms with van der Waals surface area (Å²) in [6.45, 7) is 18.9. The minimum absolute atomic E-state index is 0.262. The van der Waals surface area contributed by atoms with Crippen LogP contribution in [0.1, 0.15) is 119 Å². The molecule has 1 nitrogen and oxygen atoms in total. The van der Waals surface area contributed by atoms with Crippen molar-refractivity contribution in [3.63, 3.8) is 0 Å². The SMILES string of the molecule is C=C(C)C[C@@H]1C(=O)CC[C@]2(C)[C@H]3CC[C@]4(C)[C@@H]([C@H](C)CCCC(C)C)CC[C@H]4[C@@H]3CC[C@@H]12. The molecule has 4 aliphatic carbocycles. The first-order valence-electron chi connectivity index (χ1n) is 14.2. The summed E-state index contributed by atoms with van der Waals surface area (Å²) in [5, 5.41) is 0. The van der Waals surface area contributed by atoms with Crippen LogP contribution in [0.25, 0.3) is 0 Å². The van der Waals surface area contributed by atoms with E-state index in [1.165, 1.54) is 63.4 Å². The molecule has 1 heteroatoms. The zero-order valence-corrected chi connectivity index (χ0v) is 22.2. The minimum Gasteiger partial charge on any atom is -0.299 e.